The molecule has 0 saturated carbocycles. The normalized spacial score (nSPS) is 10.8. The molecule has 0 atom stereocenters. The molecule has 0 aliphatic carbocycles. The van der Waals surface area contributed by atoms with Gasteiger partial charge in [0.2, 0.25) is 0 Å². The van der Waals surface area contributed by atoms with Crippen LogP contribution in [0.1, 0.15) is 10.5 Å². The maximum atomic E-state index is 12.1. The van der Waals surface area contributed by atoms with Gasteiger partial charge in [0, 0.05) is 32.6 Å². The summed E-state index contributed by atoms with van der Waals surface area (Å²) >= 11 is 5.14. The molecule has 0 bridgehead atoms. The Labute approximate surface area is 141 Å². The minimum Gasteiger partial charge on any atom is -0.351 e. The largest absolute Gasteiger partial charge is 0.351 e. The zero-order chi connectivity index (χ0) is 15.4. The van der Waals surface area contributed by atoms with E-state index in [1.807, 2.05) is 42.5 Å². The molecule has 0 aliphatic rings. The summed E-state index contributed by atoms with van der Waals surface area (Å²) in [7, 11) is 0. The lowest BCUT2D eigenvalue weighted by Gasteiger charge is -2.04. The SMILES string of the molecule is O=C(NCCSc1ccc(Br)cc1)c1cc2ccccc2[nH]1. The molecule has 3 rings (SSSR count). The third kappa shape index (κ3) is 3.72. The zero-order valence-electron chi connectivity index (χ0n) is 11.8. The first-order chi connectivity index (χ1) is 10.7. The second kappa shape index (κ2) is 7.03. The summed E-state index contributed by atoms with van der Waals surface area (Å²) in [6.45, 7) is 0.634. The minimum atomic E-state index is -0.0624. The number of hydrogen-bond donors (Lipinski definition) is 2. The van der Waals surface area contributed by atoms with E-state index in [-0.39, 0.29) is 5.91 Å². The number of nitrogens with one attached hydrogen (secondary N) is 2. The predicted molar refractivity (Wildman–Crippen MR) is 95.5 cm³/mol. The van der Waals surface area contributed by atoms with Crippen LogP contribution in [0.5, 0.6) is 0 Å². The number of amides is 1. The Balaban J connectivity index is 1.50. The maximum absolute atomic E-state index is 12.1. The molecule has 0 spiro atoms. The number of benzene rings is 2. The number of carbonyl (C=O) groups is 1. The molecule has 22 heavy (non-hydrogen) atoms. The topological polar surface area (TPSA) is 44.9 Å². The van der Waals surface area contributed by atoms with Crippen LogP contribution in [0.4, 0.5) is 0 Å². The van der Waals surface area contributed by atoms with Crippen molar-refractivity contribution >= 4 is 44.5 Å². The fourth-order valence-corrected chi connectivity index (χ4v) is 3.19. The predicted octanol–water partition coefficient (Wildman–Crippen LogP) is 4.45. The van der Waals surface area contributed by atoms with Crippen molar-refractivity contribution in [2.24, 2.45) is 0 Å². The Morgan fingerprint density at radius 3 is 2.68 bits per heavy atom. The summed E-state index contributed by atoms with van der Waals surface area (Å²) in [6.07, 6.45) is 0. The molecule has 1 aromatic heterocycles. The van der Waals surface area contributed by atoms with Gasteiger partial charge in [-0.15, -0.1) is 11.8 Å². The summed E-state index contributed by atoms with van der Waals surface area (Å²) < 4.78 is 1.07. The first-order valence-corrected chi connectivity index (χ1v) is 8.74. The number of aromatic nitrogens is 1. The van der Waals surface area contributed by atoms with Crippen molar-refractivity contribution in [3.05, 3.63) is 64.8 Å². The highest BCUT2D eigenvalue weighted by Gasteiger charge is 2.08. The Hall–Kier alpha value is -1.72. The number of carbonyl (C=O) groups excluding carboxylic acids is 1. The Morgan fingerprint density at radius 1 is 1.14 bits per heavy atom. The fraction of sp³-hybridized carbons (Fsp3) is 0.118. The third-order valence-electron chi connectivity index (χ3n) is 3.24. The lowest BCUT2D eigenvalue weighted by molar-refractivity contribution is 0.0952. The number of rotatable bonds is 5. The molecule has 0 fully saturated rings. The number of thioether (sulfide) groups is 1. The summed E-state index contributed by atoms with van der Waals surface area (Å²) in [4.78, 5) is 16.4. The van der Waals surface area contributed by atoms with E-state index in [2.05, 4.69) is 38.4 Å². The van der Waals surface area contributed by atoms with E-state index in [0.29, 0.717) is 12.2 Å². The number of hydrogen-bond acceptors (Lipinski definition) is 2. The third-order valence-corrected chi connectivity index (χ3v) is 4.79. The van der Waals surface area contributed by atoms with Crippen LogP contribution in [0.3, 0.4) is 0 Å². The molecule has 3 nitrogen and oxygen atoms in total. The molecule has 0 unspecified atom stereocenters. The van der Waals surface area contributed by atoms with Crippen molar-refractivity contribution < 1.29 is 4.79 Å². The van der Waals surface area contributed by atoms with E-state index in [9.17, 15) is 4.79 Å². The van der Waals surface area contributed by atoms with Crippen LogP contribution in [-0.4, -0.2) is 23.2 Å². The van der Waals surface area contributed by atoms with Crippen LogP contribution < -0.4 is 5.32 Å². The molecule has 112 valence electrons. The van der Waals surface area contributed by atoms with Gasteiger partial charge in [-0.1, -0.05) is 34.1 Å². The number of halogens is 1. The van der Waals surface area contributed by atoms with Gasteiger partial charge in [0.15, 0.2) is 0 Å². The van der Waals surface area contributed by atoms with Gasteiger partial charge in [0.05, 0.1) is 0 Å². The van der Waals surface area contributed by atoms with Crippen LogP contribution in [0.15, 0.2) is 64.0 Å². The van der Waals surface area contributed by atoms with Gasteiger partial charge in [0.25, 0.3) is 5.91 Å². The van der Waals surface area contributed by atoms with Crippen LogP contribution in [0.25, 0.3) is 10.9 Å². The highest BCUT2D eigenvalue weighted by molar-refractivity contribution is 9.10. The molecule has 1 amide bonds. The standard InChI is InChI=1S/C17H15BrN2OS/c18-13-5-7-14(8-6-13)22-10-9-19-17(21)16-11-12-3-1-2-4-15(12)20-16/h1-8,11,20H,9-10H2,(H,19,21). The Kier molecular flexibility index (Phi) is 4.85. The van der Waals surface area contributed by atoms with Crippen molar-refractivity contribution in [2.45, 2.75) is 4.90 Å². The lowest BCUT2D eigenvalue weighted by Crippen LogP contribution is -2.25. The van der Waals surface area contributed by atoms with Gasteiger partial charge in [-0.2, -0.15) is 0 Å². The molecule has 3 aromatic rings. The van der Waals surface area contributed by atoms with Gasteiger partial charge >= 0.3 is 0 Å². The minimum absolute atomic E-state index is 0.0624. The van der Waals surface area contributed by atoms with Gasteiger partial charge in [-0.3, -0.25) is 4.79 Å². The Morgan fingerprint density at radius 2 is 1.91 bits per heavy atom. The summed E-state index contributed by atoms with van der Waals surface area (Å²) in [5.41, 5.74) is 1.59. The van der Waals surface area contributed by atoms with E-state index in [1.165, 1.54) is 4.90 Å². The Bertz CT molecular complexity index is 750. The molecular weight excluding hydrogens is 360 g/mol. The van der Waals surface area contributed by atoms with E-state index in [1.54, 1.807) is 11.8 Å². The van der Waals surface area contributed by atoms with Crippen LogP contribution in [-0.2, 0) is 0 Å². The number of H-pyrrole nitrogens is 1. The van der Waals surface area contributed by atoms with Crippen LogP contribution >= 0.6 is 27.7 Å². The van der Waals surface area contributed by atoms with Crippen molar-refractivity contribution in [3.8, 4) is 0 Å². The zero-order valence-corrected chi connectivity index (χ0v) is 14.2. The van der Waals surface area contributed by atoms with Gasteiger partial charge < -0.3 is 10.3 Å². The highest BCUT2D eigenvalue weighted by atomic mass is 79.9. The number of para-hydroxylation sites is 1. The fourth-order valence-electron chi connectivity index (χ4n) is 2.16. The molecule has 2 aromatic carbocycles. The van der Waals surface area contributed by atoms with E-state index in [0.717, 1.165) is 21.1 Å². The van der Waals surface area contributed by atoms with Crippen molar-refractivity contribution in [2.75, 3.05) is 12.3 Å². The second-order valence-electron chi connectivity index (χ2n) is 4.83. The van der Waals surface area contributed by atoms with E-state index in [4.69, 9.17) is 0 Å². The van der Waals surface area contributed by atoms with Crippen LogP contribution in [0, 0.1) is 0 Å². The molecule has 0 saturated heterocycles. The number of aromatic amines is 1. The summed E-state index contributed by atoms with van der Waals surface area (Å²) in [5.74, 6) is 0.778. The molecule has 1 heterocycles. The lowest BCUT2D eigenvalue weighted by atomic mass is 10.2. The molecule has 0 radical (unpaired) electrons. The summed E-state index contributed by atoms with van der Waals surface area (Å²) in [6, 6.07) is 17.9. The number of fused-ring (bicyclic) bond motifs is 1. The van der Waals surface area contributed by atoms with Crippen molar-refractivity contribution in [1.82, 2.24) is 10.3 Å². The molecular formula is C17H15BrN2OS. The highest BCUT2D eigenvalue weighted by Crippen LogP contribution is 2.20. The smallest absolute Gasteiger partial charge is 0.267 e. The van der Waals surface area contributed by atoms with Gasteiger partial charge in [-0.25, -0.2) is 0 Å². The first kappa shape index (κ1) is 15.2. The summed E-state index contributed by atoms with van der Waals surface area (Å²) in [5, 5.41) is 3.99. The van der Waals surface area contributed by atoms with Gasteiger partial charge in [-0.05, 0) is 36.4 Å². The second-order valence-corrected chi connectivity index (χ2v) is 6.91. The maximum Gasteiger partial charge on any atom is 0.267 e. The van der Waals surface area contributed by atoms with Crippen LogP contribution in [0.2, 0.25) is 0 Å². The first-order valence-electron chi connectivity index (χ1n) is 6.97. The average Bonchev–Trinajstić information content (AvgIpc) is 2.97. The van der Waals surface area contributed by atoms with Crippen molar-refractivity contribution in [1.29, 1.82) is 0 Å². The monoisotopic (exact) mass is 374 g/mol. The molecule has 5 heteroatoms. The van der Waals surface area contributed by atoms with E-state index >= 15 is 0 Å². The van der Waals surface area contributed by atoms with E-state index < -0.39 is 0 Å². The molecule has 2 N–H and O–H groups in total. The van der Waals surface area contributed by atoms with Crippen molar-refractivity contribution in [3.63, 3.8) is 0 Å². The van der Waals surface area contributed by atoms with Gasteiger partial charge in [0.1, 0.15) is 5.69 Å². The average molecular weight is 375 g/mol. The quantitative estimate of drug-likeness (QED) is 0.511. The molecule has 0 aliphatic heterocycles.